The molecule has 1 N–H and O–H groups in total. The highest BCUT2D eigenvalue weighted by atomic mass is 35.5. The molecule has 0 aromatic heterocycles. The Labute approximate surface area is 110 Å². The third kappa shape index (κ3) is 5.76. The fourth-order valence-corrected chi connectivity index (χ4v) is 2.91. The standard InChI is InChI=1S/C14H26ClNO/c1-11(2)13(10-15)16-14(17)9-8-12-6-4-3-5-7-12/h11-13H,3-10H2,1-2H3,(H,16,17). The fourth-order valence-electron chi connectivity index (χ4n) is 2.47. The first kappa shape index (κ1) is 14.8. The summed E-state index contributed by atoms with van der Waals surface area (Å²) < 4.78 is 0. The van der Waals surface area contributed by atoms with Crippen molar-refractivity contribution in [1.29, 1.82) is 0 Å². The van der Waals surface area contributed by atoms with Gasteiger partial charge >= 0.3 is 0 Å². The van der Waals surface area contributed by atoms with Crippen LogP contribution in [0.2, 0.25) is 0 Å². The molecular formula is C14H26ClNO. The normalized spacial score (nSPS) is 19.3. The summed E-state index contributed by atoms with van der Waals surface area (Å²) in [5.74, 6) is 1.87. The zero-order valence-electron chi connectivity index (χ0n) is 11.2. The van der Waals surface area contributed by atoms with Gasteiger partial charge in [-0.2, -0.15) is 0 Å². The number of hydrogen-bond acceptors (Lipinski definition) is 1. The van der Waals surface area contributed by atoms with Gasteiger partial charge < -0.3 is 5.32 Å². The molecule has 100 valence electrons. The van der Waals surface area contributed by atoms with Crippen LogP contribution in [0, 0.1) is 11.8 Å². The first-order valence-corrected chi connectivity index (χ1v) is 7.52. The molecule has 2 nitrogen and oxygen atoms in total. The van der Waals surface area contributed by atoms with Crippen molar-refractivity contribution in [3.05, 3.63) is 0 Å². The highest BCUT2D eigenvalue weighted by molar-refractivity contribution is 6.18. The minimum absolute atomic E-state index is 0.121. The second-order valence-corrected chi connectivity index (χ2v) is 5.92. The van der Waals surface area contributed by atoms with E-state index in [9.17, 15) is 4.79 Å². The molecule has 1 aliphatic rings. The Morgan fingerprint density at radius 2 is 1.94 bits per heavy atom. The summed E-state index contributed by atoms with van der Waals surface area (Å²) in [5, 5.41) is 3.03. The number of amides is 1. The lowest BCUT2D eigenvalue weighted by atomic mass is 9.86. The molecule has 1 amide bonds. The quantitative estimate of drug-likeness (QED) is 0.724. The molecule has 1 unspecified atom stereocenters. The van der Waals surface area contributed by atoms with Gasteiger partial charge in [-0.15, -0.1) is 11.6 Å². The summed E-state index contributed by atoms with van der Waals surface area (Å²) in [6.07, 6.45) is 8.44. The van der Waals surface area contributed by atoms with E-state index in [0.717, 1.165) is 12.3 Å². The molecule has 17 heavy (non-hydrogen) atoms. The van der Waals surface area contributed by atoms with E-state index in [2.05, 4.69) is 19.2 Å². The van der Waals surface area contributed by atoms with Gasteiger partial charge in [-0.3, -0.25) is 4.79 Å². The van der Waals surface area contributed by atoms with E-state index >= 15 is 0 Å². The Balaban J connectivity index is 2.19. The second kappa shape index (κ2) is 7.97. The van der Waals surface area contributed by atoms with Gasteiger partial charge in [0.1, 0.15) is 0 Å². The number of carbonyl (C=O) groups is 1. The minimum Gasteiger partial charge on any atom is -0.352 e. The van der Waals surface area contributed by atoms with E-state index in [-0.39, 0.29) is 11.9 Å². The number of nitrogens with one attached hydrogen (secondary N) is 1. The van der Waals surface area contributed by atoms with Crippen LogP contribution in [0.25, 0.3) is 0 Å². The van der Waals surface area contributed by atoms with Crippen molar-refractivity contribution in [2.75, 3.05) is 5.88 Å². The Morgan fingerprint density at radius 3 is 2.47 bits per heavy atom. The van der Waals surface area contributed by atoms with E-state index in [1.165, 1.54) is 32.1 Å². The molecule has 0 radical (unpaired) electrons. The largest absolute Gasteiger partial charge is 0.352 e. The number of halogens is 1. The van der Waals surface area contributed by atoms with Gasteiger partial charge in [-0.05, 0) is 18.3 Å². The molecule has 1 aliphatic carbocycles. The molecule has 0 bridgehead atoms. The number of rotatable bonds is 6. The molecule has 0 aromatic rings. The summed E-state index contributed by atoms with van der Waals surface area (Å²) in [6, 6.07) is 0.121. The van der Waals surface area contributed by atoms with Crippen LogP contribution in [0.4, 0.5) is 0 Å². The highest BCUT2D eigenvalue weighted by Gasteiger charge is 2.17. The molecular weight excluding hydrogens is 234 g/mol. The highest BCUT2D eigenvalue weighted by Crippen LogP contribution is 2.27. The van der Waals surface area contributed by atoms with Gasteiger partial charge in [0.2, 0.25) is 5.91 Å². The maximum atomic E-state index is 11.8. The molecule has 0 saturated heterocycles. The van der Waals surface area contributed by atoms with E-state index < -0.39 is 0 Å². The molecule has 0 spiro atoms. The zero-order valence-corrected chi connectivity index (χ0v) is 11.9. The Kier molecular flexibility index (Phi) is 6.94. The summed E-state index contributed by atoms with van der Waals surface area (Å²) in [6.45, 7) is 4.18. The van der Waals surface area contributed by atoms with Gasteiger partial charge in [0, 0.05) is 18.3 Å². The number of carbonyl (C=O) groups excluding carboxylic acids is 1. The van der Waals surface area contributed by atoms with Crippen LogP contribution >= 0.6 is 11.6 Å². The van der Waals surface area contributed by atoms with Crippen molar-refractivity contribution in [3.63, 3.8) is 0 Å². The molecule has 1 fully saturated rings. The SMILES string of the molecule is CC(C)C(CCl)NC(=O)CCC1CCCCC1. The maximum Gasteiger partial charge on any atom is 0.220 e. The lowest BCUT2D eigenvalue weighted by molar-refractivity contribution is -0.122. The van der Waals surface area contributed by atoms with Crippen LogP contribution in [0.1, 0.15) is 58.8 Å². The smallest absolute Gasteiger partial charge is 0.220 e. The molecule has 1 rings (SSSR count). The first-order chi connectivity index (χ1) is 8.13. The van der Waals surface area contributed by atoms with E-state index in [4.69, 9.17) is 11.6 Å². The third-order valence-corrected chi connectivity index (χ3v) is 4.15. The van der Waals surface area contributed by atoms with Crippen molar-refractivity contribution in [2.24, 2.45) is 11.8 Å². The molecule has 3 heteroatoms. The zero-order chi connectivity index (χ0) is 12.7. The maximum absolute atomic E-state index is 11.8. The first-order valence-electron chi connectivity index (χ1n) is 6.98. The second-order valence-electron chi connectivity index (χ2n) is 5.62. The van der Waals surface area contributed by atoms with E-state index in [0.29, 0.717) is 18.2 Å². The Morgan fingerprint density at radius 1 is 1.29 bits per heavy atom. The number of alkyl halides is 1. The van der Waals surface area contributed by atoms with Crippen LogP contribution < -0.4 is 5.32 Å². The summed E-state index contributed by atoms with van der Waals surface area (Å²) in [5.41, 5.74) is 0. The fraction of sp³-hybridized carbons (Fsp3) is 0.929. The van der Waals surface area contributed by atoms with Crippen LogP contribution in [0.15, 0.2) is 0 Å². The predicted octanol–water partition coefficient (Wildman–Crippen LogP) is 3.73. The minimum atomic E-state index is 0.121. The third-order valence-electron chi connectivity index (χ3n) is 3.82. The molecule has 1 saturated carbocycles. The van der Waals surface area contributed by atoms with Crippen molar-refractivity contribution < 1.29 is 4.79 Å². The van der Waals surface area contributed by atoms with Crippen molar-refractivity contribution in [3.8, 4) is 0 Å². The van der Waals surface area contributed by atoms with Crippen molar-refractivity contribution in [2.45, 2.75) is 64.8 Å². The summed E-state index contributed by atoms with van der Waals surface area (Å²) >= 11 is 5.84. The summed E-state index contributed by atoms with van der Waals surface area (Å²) in [4.78, 5) is 11.8. The number of hydrogen-bond donors (Lipinski definition) is 1. The van der Waals surface area contributed by atoms with Gasteiger partial charge in [0.15, 0.2) is 0 Å². The summed E-state index contributed by atoms with van der Waals surface area (Å²) in [7, 11) is 0. The lowest BCUT2D eigenvalue weighted by Gasteiger charge is -2.23. The average Bonchev–Trinajstić information content (AvgIpc) is 2.34. The van der Waals surface area contributed by atoms with Crippen molar-refractivity contribution >= 4 is 17.5 Å². The van der Waals surface area contributed by atoms with Crippen LogP contribution in [0.5, 0.6) is 0 Å². The molecule has 1 atom stereocenters. The van der Waals surface area contributed by atoms with Crippen LogP contribution in [0.3, 0.4) is 0 Å². The lowest BCUT2D eigenvalue weighted by Crippen LogP contribution is -2.39. The van der Waals surface area contributed by atoms with Crippen LogP contribution in [-0.2, 0) is 4.79 Å². The van der Waals surface area contributed by atoms with E-state index in [1.807, 2.05) is 0 Å². The van der Waals surface area contributed by atoms with E-state index in [1.54, 1.807) is 0 Å². The van der Waals surface area contributed by atoms with Crippen molar-refractivity contribution in [1.82, 2.24) is 5.32 Å². The van der Waals surface area contributed by atoms with Gasteiger partial charge in [-0.25, -0.2) is 0 Å². The topological polar surface area (TPSA) is 29.1 Å². The van der Waals surface area contributed by atoms with Crippen LogP contribution in [-0.4, -0.2) is 17.8 Å². The van der Waals surface area contributed by atoms with Gasteiger partial charge in [0.25, 0.3) is 0 Å². The Hall–Kier alpha value is -0.240. The van der Waals surface area contributed by atoms with Gasteiger partial charge in [-0.1, -0.05) is 46.0 Å². The monoisotopic (exact) mass is 259 g/mol. The molecule has 0 aromatic carbocycles. The average molecular weight is 260 g/mol. The molecule has 0 heterocycles. The van der Waals surface area contributed by atoms with Gasteiger partial charge in [0.05, 0.1) is 0 Å². The Bertz CT molecular complexity index is 224. The predicted molar refractivity (Wildman–Crippen MR) is 73.3 cm³/mol. The molecule has 0 aliphatic heterocycles.